The van der Waals surface area contributed by atoms with Crippen LogP contribution in [0.1, 0.15) is 37.3 Å². The molecule has 1 aliphatic rings. The number of aromatic nitrogens is 4. The lowest BCUT2D eigenvalue weighted by atomic mass is 10.0. The zero-order valence-corrected chi connectivity index (χ0v) is 15.2. The van der Waals surface area contributed by atoms with Crippen LogP contribution in [0.5, 0.6) is 0 Å². The Labute approximate surface area is 146 Å². The number of carbonyl (C=O) groups excluding carboxylic acids is 1. The van der Waals surface area contributed by atoms with Crippen LogP contribution < -0.4 is 0 Å². The van der Waals surface area contributed by atoms with Gasteiger partial charge in [0.25, 0.3) is 0 Å². The van der Waals surface area contributed by atoms with Crippen LogP contribution in [0.3, 0.4) is 0 Å². The standard InChI is InChI=1S/C17H23N5OS/c1-12-7-8-13(2)15(10-12)22-17(18-19-20-22)24-11-16(23)21-9-5-4-6-14(21)3/h7-8,10,14H,4-6,9,11H2,1-3H3. The molecule has 1 amide bonds. The van der Waals surface area contributed by atoms with Gasteiger partial charge in [0.15, 0.2) is 0 Å². The molecule has 0 N–H and O–H groups in total. The zero-order valence-electron chi connectivity index (χ0n) is 14.4. The lowest BCUT2D eigenvalue weighted by Gasteiger charge is -2.33. The van der Waals surface area contributed by atoms with Crippen LogP contribution in [0.4, 0.5) is 0 Å². The molecule has 24 heavy (non-hydrogen) atoms. The zero-order chi connectivity index (χ0) is 17.1. The van der Waals surface area contributed by atoms with E-state index < -0.39 is 0 Å². The van der Waals surface area contributed by atoms with Gasteiger partial charge in [-0.05, 0) is 67.7 Å². The Bertz CT molecular complexity index is 730. The normalized spacial score (nSPS) is 18.0. The number of likely N-dealkylation sites (tertiary alicyclic amines) is 1. The SMILES string of the molecule is Cc1ccc(C)c(-n2nnnc2SCC(=O)N2CCCCC2C)c1. The number of amides is 1. The van der Waals surface area contributed by atoms with Gasteiger partial charge in [-0.3, -0.25) is 4.79 Å². The number of tetrazole rings is 1. The summed E-state index contributed by atoms with van der Waals surface area (Å²) in [7, 11) is 0. The first-order valence-electron chi connectivity index (χ1n) is 8.34. The van der Waals surface area contributed by atoms with Gasteiger partial charge in [0.05, 0.1) is 11.4 Å². The summed E-state index contributed by atoms with van der Waals surface area (Å²) in [6.07, 6.45) is 3.40. The van der Waals surface area contributed by atoms with Gasteiger partial charge in [-0.1, -0.05) is 23.9 Å². The van der Waals surface area contributed by atoms with Crippen molar-refractivity contribution in [2.24, 2.45) is 0 Å². The molecule has 1 fully saturated rings. The van der Waals surface area contributed by atoms with Crippen molar-refractivity contribution in [3.8, 4) is 5.69 Å². The Morgan fingerprint density at radius 3 is 2.96 bits per heavy atom. The smallest absolute Gasteiger partial charge is 0.233 e. The molecule has 0 radical (unpaired) electrons. The molecule has 7 heteroatoms. The predicted molar refractivity (Wildman–Crippen MR) is 94.4 cm³/mol. The van der Waals surface area contributed by atoms with E-state index in [0.29, 0.717) is 17.0 Å². The molecule has 128 valence electrons. The fraction of sp³-hybridized carbons (Fsp3) is 0.529. The van der Waals surface area contributed by atoms with Crippen LogP contribution >= 0.6 is 11.8 Å². The third kappa shape index (κ3) is 3.61. The molecule has 6 nitrogen and oxygen atoms in total. The summed E-state index contributed by atoms with van der Waals surface area (Å²) >= 11 is 1.40. The van der Waals surface area contributed by atoms with Crippen molar-refractivity contribution in [1.82, 2.24) is 25.1 Å². The van der Waals surface area contributed by atoms with Crippen LogP contribution in [-0.2, 0) is 4.79 Å². The Morgan fingerprint density at radius 1 is 1.33 bits per heavy atom. The number of hydrogen-bond acceptors (Lipinski definition) is 5. The maximum Gasteiger partial charge on any atom is 0.233 e. The molecule has 2 heterocycles. The fourth-order valence-electron chi connectivity index (χ4n) is 3.05. The van der Waals surface area contributed by atoms with Gasteiger partial charge in [0.1, 0.15) is 0 Å². The second-order valence-electron chi connectivity index (χ2n) is 6.38. The third-order valence-electron chi connectivity index (χ3n) is 4.48. The topological polar surface area (TPSA) is 63.9 Å². The number of rotatable bonds is 4. The van der Waals surface area contributed by atoms with Crippen molar-refractivity contribution >= 4 is 17.7 Å². The molecule has 0 saturated carbocycles. The predicted octanol–water partition coefficient (Wildman–Crippen LogP) is 2.77. The van der Waals surface area contributed by atoms with E-state index >= 15 is 0 Å². The number of aryl methyl sites for hydroxylation is 2. The quantitative estimate of drug-likeness (QED) is 0.797. The van der Waals surface area contributed by atoms with E-state index in [1.807, 2.05) is 18.7 Å². The van der Waals surface area contributed by atoms with Crippen LogP contribution in [-0.4, -0.2) is 49.4 Å². The fourth-order valence-corrected chi connectivity index (χ4v) is 3.82. The third-order valence-corrected chi connectivity index (χ3v) is 5.39. The molecule has 2 aromatic rings. The van der Waals surface area contributed by atoms with Gasteiger partial charge < -0.3 is 4.90 Å². The summed E-state index contributed by atoms with van der Waals surface area (Å²) in [6, 6.07) is 6.52. The van der Waals surface area contributed by atoms with E-state index in [2.05, 4.69) is 40.6 Å². The molecule has 1 atom stereocenters. The molecule has 3 rings (SSSR count). The van der Waals surface area contributed by atoms with Crippen molar-refractivity contribution in [3.63, 3.8) is 0 Å². The van der Waals surface area contributed by atoms with Crippen LogP contribution in [0, 0.1) is 13.8 Å². The van der Waals surface area contributed by atoms with Gasteiger partial charge in [0.2, 0.25) is 11.1 Å². The lowest BCUT2D eigenvalue weighted by Crippen LogP contribution is -2.43. The average molecular weight is 345 g/mol. The monoisotopic (exact) mass is 345 g/mol. The summed E-state index contributed by atoms with van der Waals surface area (Å²) in [5, 5.41) is 12.6. The van der Waals surface area contributed by atoms with Gasteiger partial charge in [-0.2, -0.15) is 4.68 Å². The first-order valence-corrected chi connectivity index (χ1v) is 9.33. The Morgan fingerprint density at radius 2 is 2.17 bits per heavy atom. The summed E-state index contributed by atoms with van der Waals surface area (Å²) < 4.78 is 1.72. The van der Waals surface area contributed by atoms with E-state index in [1.165, 1.54) is 18.2 Å². The van der Waals surface area contributed by atoms with Crippen LogP contribution in [0.15, 0.2) is 23.4 Å². The first-order chi connectivity index (χ1) is 11.6. The number of thioether (sulfide) groups is 1. The maximum atomic E-state index is 12.5. The highest BCUT2D eigenvalue weighted by Crippen LogP contribution is 2.23. The minimum absolute atomic E-state index is 0.169. The number of piperidine rings is 1. The number of nitrogens with zero attached hydrogens (tertiary/aromatic N) is 5. The Balaban J connectivity index is 1.72. The summed E-state index contributed by atoms with van der Waals surface area (Å²) in [6.45, 7) is 7.07. The highest BCUT2D eigenvalue weighted by Gasteiger charge is 2.24. The molecule has 1 saturated heterocycles. The average Bonchev–Trinajstić information content (AvgIpc) is 3.03. The second-order valence-corrected chi connectivity index (χ2v) is 7.33. The highest BCUT2D eigenvalue weighted by atomic mass is 32.2. The minimum Gasteiger partial charge on any atom is -0.339 e. The van der Waals surface area contributed by atoms with Gasteiger partial charge in [-0.15, -0.1) is 5.10 Å². The molecule has 1 aromatic carbocycles. The molecule has 0 bridgehead atoms. The Hall–Kier alpha value is -1.89. The molecule has 0 aliphatic carbocycles. The number of benzene rings is 1. The van der Waals surface area contributed by atoms with Gasteiger partial charge in [0, 0.05) is 12.6 Å². The lowest BCUT2D eigenvalue weighted by molar-refractivity contribution is -0.131. The molecule has 0 spiro atoms. The second kappa shape index (κ2) is 7.34. The van der Waals surface area contributed by atoms with E-state index in [1.54, 1.807) is 4.68 Å². The van der Waals surface area contributed by atoms with Gasteiger partial charge >= 0.3 is 0 Å². The summed E-state index contributed by atoms with van der Waals surface area (Å²) in [5.41, 5.74) is 3.22. The number of hydrogen-bond donors (Lipinski definition) is 0. The van der Waals surface area contributed by atoms with Crippen LogP contribution in [0.2, 0.25) is 0 Å². The summed E-state index contributed by atoms with van der Waals surface area (Å²) in [4.78, 5) is 14.5. The molecule has 1 aromatic heterocycles. The molecule has 1 unspecified atom stereocenters. The van der Waals surface area contributed by atoms with Crippen molar-refractivity contribution < 1.29 is 4.79 Å². The van der Waals surface area contributed by atoms with Crippen molar-refractivity contribution in [2.75, 3.05) is 12.3 Å². The van der Waals surface area contributed by atoms with E-state index in [9.17, 15) is 4.79 Å². The van der Waals surface area contributed by atoms with E-state index in [-0.39, 0.29) is 5.91 Å². The molecule has 1 aliphatic heterocycles. The minimum atomic E-state index is 0.169. The van der Waals surface area contributed by atoms with Crippen molar-refractivity contribution in [3.05, 3.63) is 29.3 Å². The van der Waals surface area contributed by atoms with E-state index in [4.69, 9.17) is 0 Å². The number of carbonyl (C=O) groups is 1. The van der Waals surface area contributed by atoms with Crippen molar-refractivity contribution in [2.45, 2.75) is 51.2 Å². The largest absolute Gasteiger partial charge is 0.339 e. The molecular weight excluding hydrogens is 322 g/mol. The maximum absolute atomic E-state index is 12.5. The van der Waals surface area contributed by atoms with Gasteiger partial charge in [-0.25, -0.2) is 0 Å². The Kier molecular flexibility index (Phi) is 5.18. The summed E-state index contributed by atoms with van der Waals surface area (Å²) in [5.74, 6) is 0.540. The van der Waals surface area contributed by atoms with Crippen LogP contribution in [0.25, 0.3) is 5.69 Å². The first kappa shape index (κ1) is 17.0. The van der Waals surface area contributed by atoms with E-state index in [0.717, 1.165) is 36.2 Å². The highest BCUT2D eigenvalue weighted by molar-refractivity contribution is 7.99. The molecular formula is C17H23N5OS. The van der Waals surface area contributed by atoms with Crippen molar-refractivity contribution in [1.29, 1.82) is 0 Å².